The molecule has 106 valence electrons. The van der Waals surface area contributed by atoms with Crippen LogP contribution in [-0.4, -0.2) is 23.8 Å². The largest absolute Gasteiger partial charge is 0.383 e. The van der Waals surface area contributed by atoms with Gasteiger partial charge in [-0.15, -0.1) is 11.8 Å². The van der Waals surface area contributed by atoms with E-state index in [0.29, 0.717) is 11.9 Å². The first-order chi connectivity index (χ1) is 9.69. The Kier molecular flexibility index (Phi) is 5.44. The van der Waals surface area contributed by atoms with Gasteiger partial charge in [0.15, 0.2) is 0 Å². The summed E-state index contributed by atoms with van der Waals surface area (Å²) in [5, 5.41) is 3.36. The maximum atomic E-state index is 5.90. The topological polar surface area (TPSA) is 50.9 Å². The molecule has 3 N–H and O–H groups in total. The highest BCUT2D eigenvalue weighted by Gasteiger charge is 2.10. The number of likely N-dealkylation sites (N-methyl/N-ethyl adjacent to an activating group) is 1. The summed E-state index contributed by atoms with van der Waals surface area (Å²) < 4.78 is 0. The summed E-state index contributed by atoms with van der Waals surface area (Å²) in [4.78, 5) is 5.45. The Balaban J connectivity index is 1.94. The number of nitrogens with two attached hydrogens (primary N) is 1. The number of anilines is 1. The molecule has 0 saturated carbocycles. The lowest BCUT2D eigenvalue weighted by atomic mass is 10.1. The maximum absolute atomic E-state index is 5.90. The van der Waals surface area contributed by atoms with E-state index in [1.807, 2.05) is 30.9 Å². The fraction of sp³-hybridized carbons (Fsp3) is 0.312. The Labute approximate surface area is 125 Å². The minimum absolute atomic E-state index is 0.381. The molecule has 1 unspecified atom stereocenters. The van der Waals surface area contributed by atoms with Gasteiger partial charge >= 0.3 is 0 Å². The zero-order valence-corrected chi connectivity index (χ0v) is 12.8. The van der Waals surface area contributed by atoms with Gasteiger partial charge in [0.25, 0.3) is 0 Å². The van der Waals surface area contributed by atoms with Crippen molar-refractivity contribution in [3.05, 3.63) is 53.7 Å². The second-order valence-electron chi connectivity index (χ2n) is 4.87. The van der Waals surface area contributed by atoms with Crippen LogP contribution in [0.2, 0.25) is 0 Å². The van der Waals surface area contributed by atoms with E-state index in [4.69, 9.17) is 5.73 Å². The molecule has 0 spiro atoms. The van der Waals surface area contributed by atoms with Crippen molar-refractivity contribution in [2.45, 2.75) is 24.3 Å². The van der Waals surface area contributed by atoms with Gasteiger partial charge in [-0.1, -0.05) is 23.8 Å². The number of hydrogen-bond acceptors (Lipinski definition) is 4. The fourth-order valence-corrected chi connectivity index (χ4v) is 3.16. The molecule has 2 rings (SSSR count). The third-order valence-corrected chi connectivity index (χ3v) is 4.40. The summed E-state index contributed by atoms with van der Waals surface area (Å²) in [6.45, 7) is 2.12. The van der Waals surface area contributed by atoms with Crippen LogP contribution in [0.3, 0.4) is 0 Å². The predicted molar refractivity (Wildman–Crippen MR) is 87.1 cm³/mol. The molecule has 0 saturated heterocycles. The van der Waals surface area contributed by atoms with E-state index in [0.717, 1.165) is 17.7 Å². The monoisotopic (exact) mass is 287 g/mol. The third kappa shape index (κ3) is 4.25. The Morgan fingerprint density at radius 1 is 1.30 bits per heavy atom. The molecule has 0 fully saturated rings. The van der Waals surface area contributed by atoms with Crippen molar-refractivity contribution >= 4 is 17.6 Å². The highest BCUT2D eigenvalue weighted by Crippen LogP contribution is 2.21. The Hall–Kier alpha value is -1.52. The number of nitrogens with one attached hydrogen (secondary N) is 1. The van der Waals surface area contributed by atoms with Gasteiger partial charge in [0.1, 0.15) is 5.82 Å². The van der Waals surface area contributed by atoms with Gasteiger partial charge in [-0.2, -0.15) is 0 Å². The van der Waals surface area contributed by atoms with Gasteiger partial charge < -0.3 is 11.1 Å². The molecular weight excluding hydrogens is 266 g/mol. The number of benzene rings is 1. The van der Waals surface area contributed by atoms with Crippen LogP contribution in [0, 0.1) is 6.92 Å². The number of aromatic nitrogens is 1. The van der Waals surface area contributed by atoms with E-state index in [-0.39, 0.29) is 0 Å². The summed E-state index contributed by atoms with van der Waals surface area (Å²) in [6, 6.07) is 13.0. The third-order valence-electron chi connectivity index (χ3n) is 3.24. The molecule has 1 aromatic carbocycles. The second kappa shape index (κ2) is 7.31. The summed E-state index contributed by atoms with van der Waals surface area (Å²) >= 11 is 1.87. The van der Waals surface area contributed by atoms with Crippen LogP contribution in [0.25, 0.3) is 0 Å². The molecule has 2 aromatic rings. The summed E-state index contributed by atoms with van der Waals surface area (Å²) in [7, 11) is 1.99. The number of rotatable bonds is 6. The van der Waals surface area contributed by atoms with Crippen molar-refractivity contribution in [3.8, 4) is 0 Å². The lowest BCUT2D eigenvalue weighted by Gasteiger charge is -2.16. The van der Waals surface area contributed by atoms with Gasteiger partial charge in [-0.05, 0) is 44.2 Å². The molecule has 0 aliphatic heterocycles. The van der Waals surface area contributed by atoms with E-state index in [1.54, 1.807) is 6.20 Å². The normalized spacial score (nSPS) is 12.3. The molecule has 0 amide bonds. The summed E-state index contributed by atoms with van der Waals surface area (Å²) in [5.41, 5.74) is 8.31. The van der Waals surface area contributed by atoms with Gasteiger partial charge in [-0.3, -0.25) is 0 Å². The quantitative estimate of drug-likeness (QED) is 0.802. The number of nitrogens with zero attached hydrogens (tertiary/aromatic N) is 1. The first-order valence-electron chi connectivity index (χ1n) is 6.75. The van der Waals surface area contributed by atoms with Crippen LogP contribution < -0.4 is 11.1 Å². The highest BCUT2D eigenvalue weighted by molar-refractivity contribution is 7.99. The Morgan fingerprint density at radius 3 is 2.85 bits per heavy atom. The SMILES string of the molecule is CNC(CSc1cccc(C)c1)Cc1cccnc1N. The first kappa shape index (κ1) is 14.9. The molecular formula is C16H21N3S. The van der Waals surface area contributed by atoms with Gasteiger partial charge in [-0.25, -0.2) is 4.98 Å². The lowest BCUT2D eigenvalue weighted by molar-refractivity contribution is 0.617. The van der Waals surface area contributed by atoms with Crippen LogP contribution in [-0.2, 0) is 6.42 Å². The van der Waals surface area contributed by atoms with Crippen LogP contribution in [0.5, 0.6) is 0 Å². The van der Waals surface area contributed by atoms with E-state index in [9.17, 15) is 0 Å². The van der Waals surface area contributed by atoms with E-state index in [1.165, 1.54) is 10.5 Å². The fourth-order valence-electron chi connectivity index (χ4n) is 2.04. The van der Waals surface area contributed by atoms with Crippen molar-refractivity contribution in [2.24, 2.45) is 0 Å². The maximum Gasteiger partial charge on any atom is 0.126 e. The van der Waals surface area contributed by atoms with Crippen molar-refractivity contribution in [3.63, 3.8) is 0 Å². The van der Waals surface area contributed by atoms with Gasteiger partial charge in [0, 0.05) is 22.9 Å². The molecule has 0 radical (unpaired) electrons. The zero-order chi connectivity index (χ0) is 14.4. The average Bonchev–Trinajstić information content (AvgIpc) is 2.45. The minimum Gasteiger partial charge on any atom is -0.383 e. The minimum atomic E-state index is 0.381. The van der Waals surface area contributed by atoms with E-state index < -0.39 is 0 Å². The second-order valence-corrected chi connectivity index (χ2v) is 5.96. The first-order valence-corrected chi connectivity index (χ1v) is 7.73. The smallest absolute Gasteiger partial charge is 0.126 e. The van der Waals surface area contributed by atoms with Crippen molar-refractivity contribution in [1.29, 1.82) is 0 Å². The summed E-state index contributed by atoms with van der Waals surface area (Å²) in [6.07, 6.45) is 2.63. The van der Waals surface area contributed by atoms with Crippen LogP contribution in [0.15, 0.2) is 47.5 Å². The molecule has 1 heterocycles. The number of aryl methyl sites for hydroxylation is 1. The van der Waals surface area contributed by atoms with Gasteiger partial charge in [0.2, 0.25) is 0 Å². The molecule has 1 atom stereocenters. The Bertz CT molecular complexity index is 557. The van der Waals surface area contributed by atoms with Crippen molar-refractivity contribution in [1.82, 2.24) is 10.3 Å². The number of nitrogen functional groups attached to an aromatic ring is 1. The average molecular weight is 287 g/mol. The lowest BCUT2D eigenvalue weighted by Crippen LogP contribution is -2.30. The summed E-state index contributed by atoms with van der Waals surface area (Å²) in [5.74, 6) is 1.64. The molecule has 0 bridgehead atoms. The Morgan fingerprint density at radius 2 is 2.15 bits per heavy atom. The van der Waals surface area contributed by atoms with Crippen LogP contribution >= 0.6 is 11.8 Å². The van der Waals surface area contributed by atoms with Crippen molar-refractivity contribution < 1.29 is 0 Å². The molecule has 20 heavy (non-hydrogen) atoms. The van der Waals surface area contributed by atoms with Crippen LogP contribution in [0.1, 0.15) is 11.1 Å². The standard InChI is InChI=1S/C16H21N3S/c1-12-5-3-7-15(9-12)20-11-14(18-2)10-13-6-4-8-19-16(13)17/h3-9,14,18H,10-11H2,1-2H3,(H2,17,19). The zero-order valence-electron chi connectivity index (χ0n) is 12.0. The molecule has 1 aromatic heterocycles. The number of thioether (sulfide) groups is 1. The van der Waals surface area contributed by atoms with E-state index >= 15 is 0 Å². The molecule has 0 aliphatic rings. The molecule has 3 nitrogen and oxygen atoms in total. The van der Waals surface area contributed by atoms with Crippen LogP contribution in [0.4, 0.5) is 5.82 Å². The molecule has 4 heteroatoms. The number of hydrogen-bond donors (Lipinski definition) is 2. The van der Waals surface area contributed by atoms with E-state index in [2.05, 4.69) is 41.5 Å². The highest BCUT2D eigenvalue weighted by atomic mass is 32.2. The van der Waals surface area contributed by atoms with Crippen molar-refractivity contribution in [2.75, 3.05) is 18.5 Å². The molecule has 0 aliphatic carbocycles. The number of pyridine rings is 1. The van der Waals surface area contributed by atoms with Gasteiger partial charge in [0.05, 0.1) is 0 Å². The predicted octanol–water partition coefficient (Wildman–Crippen LogP) is 2.90.